The fourth-order valence-electron chi connectivity index (χ4n) is 4.26. The number of rotatable bonds is 5. The molecular formula is C26H26FNO3. The van der Waals surface area contributed by atoms with Crippen molar-refractivity contribution in [1.29, 1.82) is 0 Å². The van der Waals surface area contributed by atoms with Crippen LogP contribution in [0.4, 0.5) is 10.1 Å². The third-order valence-corrected chi connectivity index (χ3v) is 6.22. The number of carbonyl (C=O) groups is 1. The third kappa shape index (κ3) is 3.44. The Morgan fingerprint density at radius 2 is 1.81 bits per heavy atom. The SMILES string of the molecule is CC(C)c1ccccc1-c1ccc(F)c(NC(=O)C2(c3ccc4c(c3)OCO4)CC2)c1.[HH]. The summed E-state index contributed by atoms with van der Waals surface area (Å²) in [6, 6.07) is 18.6. The largest absolute Gasteiger partial charge is 0.454 e. The molecule has 5 rings (SSSR count). The standard InChI is InChI=1S/C26H24FNO3.H2/c1-16(2)19-5-3-4-6-20(19)17-7-9-21(27)22(13-17)28-25(29)26(11-12-26)18-8-10-23-24(14-18)31-15-30-23;/h3-10,13-14,16H,11-12,15H2,1-2H3,(H,28,29);1H. The van der Waals surface area contributed by atoms with Gasteiger partial charge in [0.2, 0.25) is 12.7 Å². The Morgan fingerprint density at radius 1 is 1.03 bits per heavy atom. The predicted molar refractivity (Wildman–Crippen MR) is 120 cm³/mol. The molecule has 0 saturated heterocycles. The summed E-state index contributed by atoms with van der Waals surface area (Å²) in [6.07, 6.45) is 1.44. The van der Waals surface area contributed by atoms with Gasteiger partial charge < -0.3 is 14.8 Å². The minimum Gasteiger partial charge on any atom is -0.454 e. The summed E-state index contributed by atoms with van der Waals surface area (Å²) >= 11 is 0. The van der Waals surface area contributed by atoms with E-state index in [0.717, 1.165) is 29.5 Å². The van der Waals surface area contributed by atoms with Crippen molar-refractivity contribution in [3.8, 4) is 22.6 Å². The maximum absolute atomic E-state index is 14.6. The first kappa shape index (κ1) is 19.6. The second-order valence-corrected chi connectivity index (χ2v) is 8.54. The van der Waals surface area contributed by atoms with Crippen LogP contribution in [-0.4, -0.2) is 12.7 Å². The van der Waals surface area contributed by atoms with Gasteiger partial charge in [0.25, 0.3) is 0 Å². The highest BCUT2D eigenvalue weighted by Gasteiger charge is 2.51. The highest BCUT2D eigenvalue weighted by atomic mass is 19.1. The molecule has 3 aromatic rings. The first-order valence-electron chi connectivity index (χ1n) is 10.6. The number of hydrogen-bond acceptors (Lipinski definition) is 3. The van der Waals surface area contributed by atoms with Gasteiger partial charge in [0, 0.05) is 1.43 Å². The molecule has 0 bridgehead atoms. The lowest BCUT2D eigenvalue weighted by molar-refractivity contribution is -0.118. The Hall–Kier alpha value is -3.34. The summed E-state index contributed by atoms with van der Waals surface area (Å²) in [6.45, 7) is 4.45. The van der Waals surface area contributed by atoms with Gasteiger partial charge in [0.1, 0.15) is 5.82 Å². The summed E-state index contributed by atoms with van der Waals surface area (Å²) in [7, 11) is 0. The van der Waals surface area contributed by atoms with Crippen molar-refractivity contribution < 1.29 is 20.1 Å². The van der Waals surface area contributed by atoms with Crippen molar-refractivity contribution in [3.05, 3.63) is 77.6 Å². The van der Waals surface area contributed by atoms with Crippen LogP contribution in [0.1, 0.15) is 45.2 Å². The monoisotopic (exact) mass is 419 g/mol. The number of fused-ring (bicyclic) bond motifs is 1. The van der Waals surface area contributed by atoms with Crippen molar-refractivity contribution in [3.63, 3.8) is 0 Å². The van der Waals surface area contributed by atoms with Crippen molar-refractivity contribution in [2.45, 2.75) is 38.0 Å². The van der Waals surface area contributed by atoms with E-state index in [0.29, 0.717) is 17.4 Å². The van der Waals surface area contributed by atoms with Gasteiger partial charge in [-0.3, -0.25) is 4.79 Å². The average Bonchev–Trinajstić information content (AvgIpc) is 3.46. The smallest absolute Gasteiger partial charge is 0.235 e. The lowest BCUT2D eigenvalue weighted by atomic mass is 9.92. The molecule has 0 spiro atoms. The van der Waals surface area contributed by atoms with E-state index >= 15 is 0 Å². The average molecular weight is 419 g/mol. The number of amides is 1. The molecule has 0 aromatic heterocycles. The quantitative estimate of drug-likeness (QED) is 0.531. The molecule has 1 amide bonds. The third-order valence-electron chi connectivity index (χ3n) is 6.22. The van der Waals surface area contributed by atoms with Crippen LogP contribution >= 0.6 is 0 Å². The summed E-state index contributed by atoms with van der Waals surface area (Å²) in [5, 5.41) is 2.85. The van der Waals surface area contributed by atoms with Crippen LogP contribution in [0.5, 0.6) is 11.5 Å². The molecule has 1 fully saturated rings. The van der Waals surface area contributed by atoms with Gasteiger partial charge in [-0.2, -0.15) is 0 Å². The minimum atomic E-state index is -0.654. The minimum absolute atomic E-state index is 0. The number of benzene rings is 3. The molecule has 1 heterocycles. The summed E-state index contributed by atoms with van der Waals surface area (Å²) in [5.41, 5.74) is 3.53. The van der Waals surface area contributed by atoms with Crippen molar-refractivity contribution in [2.75, 3.05) is 12.1 Å². The lowest BCUT2D eigenvalue weighted by Crippen LogP contribution is -2.28. The Kier molecular flexibility index (Phi) is 4.69. The predicted octanol–water partition coefficient (Wildman–Crippen LogP) is 6.26. The maximum Gasteiger partial charge on any atom is 0.235 e. The highest BCUT2D eigenvalue weighted by molar-refractivity contribution is 6.02. The Morgan fingerprint density at radius 3 is 2.58 bits per heavy atom. The molecule has 1 aliphatic heterocycles. The van der Waals surface area contributed by atoms with Gasteiger partial charge in [-0.25, -0.2) is 4.39 Å². The maximum atomic E-state index is 14.6. The normalized spacial score (nSPS) is 15.7. The van der Waals surface area contributed by atoms with Crippen LogP contribution in [0.15, 0.2) is 60.7 Å². The highest BCUT2D eigenvalue weighted by Crippen LogP contribution is 2.51. The van der Waals surface area contributed by atoms with Crippen LogP contribution in [0.2, 0.25) is 0 Å². The number of carbonyl (C=O) groups excluding carboxylic acids is 1. The van der Waals surface area contributed by atoms with Crippen LogP contribution in [-0.2, 0) is 10.2 Å². The van der Waals surface area contributed by atoms with Crippen LogP contribution < -0.4 is 14.8 Å². The number of anilines is 1. The van der Waals surface area contributed by atoms with Gasteiger partial charge in [0.15, 0.2) is 11.5 Å². The molecule has 160 valence electrons. The lowest BCUT2D eigenvalue weighted by Gasteiger charge is -2.18. The fraction of sp³-hybridized carbons (Fsp3) is 0.269. The van der Waals surface area contributed by atoms with E-state index in [1.807, 2.05) is 36.4 Å². The number of hydrogen-bond donors (Lipinski definition) is 1. The van der Waals surface area contributed by atoms with E-state index in [2.05, 4.69) is 25.2 Å². The fourth-order valence-corrected chi connectivity index (χ4v) is 4.26. The molecule has 1 N–H and O–H groups in total. The number of halogens is 1. The summed E-state index contributed by atoms with van der Waals surface area (Å²) < 4.78 is 25.5. The summed E-state index contributed by atoms with van der Waals surface area (Å²) in [4.78, 5) is 13.2. The van der Waals surface area contributed by atoms with Gasteiger partial charge in [-0.15, -0.1) is 0 Å². The Labute approximate surface area is 182 Å². The summed E-state index contributed by atoms with van der Waals surface area (Å²) in [5.74, 6) is 1.03. The van der Waals surface area contributed by atoms with Crippen LogP contribution in [0.3, 0.4) is 0 Å². The molecule has 0 atom stereocenters. The van der Waals surface area contributed by atoms with Gasteiger partial charge >= 0.3 is 0 Å². The van der Waals surface area contributed by atoms with E-state index in [1.165, 1.54) is 11.6 Å². The molecule has 4 nitrogen and oxygen atoms in total. The van der Waals surface area contributed by atoms with Crippen LogP contribution in [0.25, 0.3) is 11.1 Å². The van der Waals surface area contributed by atoms with Crippen molar-refractivity contribution >= 4 is 11.6 Å². The molecule has 5 heteroatoms. The van der Waals surface area contributed by atoms with Gasteiger partial charge in [0.05, 0.1) is 11.1 Å². The zero-order valence-electron chi connectivity index (χ0n) is 17.6. The van der Waals surface area contributed by atoms with E-state index in [-0.39, 0.29) is 19.8 Å². The topological polar surface area (TPSA) is 47.6 Å². The van der Waals surface area contributed by atoms with E-state index in [4.69, 9.17) is 9.47 Å². The molecule has 31 heavy (non-hydrogen) atoms. The number of nitrogens with one attached hydrogen (secondary N) is 1. The van der Waals surface area contributed by atoms with Crippen molar-refractivity contribution in [1.82, 2.24) is 0 Å². The van der Waals surface area contributed by atoms with Gasteiger partial charge in [-0.1, -0.05) is 50.2 Å². The van der Waals surface area contributed by atoms with E-state index in [1.54, 1.807) is 12.1 Å². The van der Waals surface area contributed by atoms with E-state index < -0.39 is 11.2 Å². The second-order valence-electron chi connectivity index (χ2n) is 8.54. The number of ether oxygens (including phenoxy) is 2. The zero-order valence-corrected chi connectivity index (χ0v) is 17.6. The molecule has 3 aromatic carbocycles. The molecule has 0 unspecified atom stereocenters. The second kappa shape index (κ2) is 7.41. The molecule has 1 saturated carbocycles. The zero-order chi connectivity index (χ0) is 21.6. The Balaban J connectivity index is 0.00000245. The molecule has 1 aliphatic carbocycles. The molecular weight excluding hydrogens is 393 g/mol. The first-order chi connectivity index (χ1) is 15.0. The molecule has 2 aliphatic rings. The van der Waals surface area contributed by atoms with E-state index in [9.17, 15) is 9.18 Å². The Bertz CT molecular complexity index is 1170. The first-order valence-corrected chi connectivity index (χ1v) is 10.6. The van der Waals surface area contributed by atoms with Gasteiger partial charge in [-0.05, 0) is 65.3 Å². The molecule has 0 radical (unpaired) electrons. The van der Waals surface area contributed by atoms with Crippen molar-refractivity contribution in [2.24, 2.45) is 0 Å². The van der Waals surface area contributed by atoms with Crippen LogP contribution in [0, 0.1) is 5.82 Å².